The second kappa shape index (κ2) is 4.30. The first-order chi connectivity index (χ1) is 7.68. The Labute approximate surface area is 91.4 Å². The molecule has 0 spiro atoms. The molecule has 0 aliphatic carbocycles. The van der Waals surface area contributed by atoms with Gasteiger partial charge in [0, 0.05) is 13.1 Å². The van der Waals surface area contributed by atoms with Crippen LogP contribution >= 0.6 is 0 Å². The third kappa shape index (κ3) is 2.02. The monoisotopic (exact) mass is 224 g/mol. The van der Waals surface area contributed by atoms with Crippen molar-refractivity contribution in [2.75, 3.05) is 13.1 Å². The number of carbonyl (C=O) groups excluding carboxylic acids is 1. The number of likely N-dealkylation sites (tertiary alicyclic amines) is 1. The van der Waals surface area contributed by atoms with Crippen LogP contribution in [0.25, 0.3) is 0 Å². The fraction of sp³-hybridized carbons (Fsp3) is 0.556. The van der Waals surface area contributed by atoms with E-state index in [1.165, 1.54) is 6.20 Å². The fourth-order valence-corrected chi connectivity index (χ4v) is 1.80. The van der Waals surface area contributed by atoms with Crippen LogP contribution in [0.15, 0.2) is 6.20 Å². The van der Waals surface area contributed by atoms with Crippen LogP contribution in [0.4, 0.5) is 0 Å². The first-order valence-corrected chi connectivity index (χ1v) is 5.06. The van der Waals surface area contributed by atoms with Crippen LogP contribution in [0.3, 0.4) is 0 Å². The van der Waals surface area contributed by atoms with Gasteiger partial charge in [0.05, 0.1) is 12.1 Å². The van der Waals surface area contributed by atoms with Gasteiger partial charge in [0.2, 0.25) is 0 Å². The molecular formula is C9H12N4O3. The maximum absolute atomic E-state index is 11.8. The van der Waals surface area contributed by atoms with E-state index in [0.717, 1.165) is 0 Å². The van der Waals surface area contributed by atoms with E-state index in [9.17, 15) is 9.59 Å². The number of rotatable bonds is 2. The standard InChI is InChI=1S/C9H12N4O3/c14-8(7-5-10-12-11-7)13-3-1-6(2-4-13)9(15)16/h5-6H,1-4H2,(H,15,16)(H,10,11,12). The molecule has 1 aliphatic heterocycles. The molecule has 7 heteroatoms. The van der Waals surface area contributed by atoms with Crippen LogP contribution in [-0.2, 0) is 4.79 Å². The zero-order chi connectivity index (χ0) is 11.5. The van der Waals surface area contributed by atoms with Gasteiger partial charge < -0.3 is 10.0 Å². The summed E-state index contributed by atoms with van der Waals surface area (Å²) in [5.41, 5.74) is 0.272. The van der Waals surface area contributed by atoms with E-state index in [-0.39, 0.29) is 17.5 Å². The number of carbonyl (C=O) groups is 2. The molecule has 0 unspecified atom stereocenters. The van der Waals surface area contributed by atoms with Crippen molar-refractivity contribution in [3.63, 3.8) is 0 Å². The number of nitrogens with zero attached hydrogens (tertiary/aromatic N) is 3. The normalized spacial score (nSPS) is 17.4. The SMILES string of the molecule is O=C(O)C1CCN(C(=O)c2cn[nH]n2)CC1. The molecule has 16 heavy (non-hydrogen) atoms. The molecule has 0 bridgehead atoms. The molecular weight excluding hydrogens is 212 g/mol. The number of aromatic amines is 1. The molecule has 1 saturated heterocycles. The lowest BCUT2D eigenvalue weighted by atomic mass is 9.97. The molecule has 1 amide bonds. The van der Waals surface area contributed by atoms with Gasteiger partial charge in [-0.15, -0.1) is 0 Å². The number of amides is 1. The van der Waals surface area contributed by atoms with Crippen molar-refractivity contribution < 1.29 is 14.7 Å². The van der Waals surface area contributed by atoms with Gasteiger partial charge in [-0.05, 0) is 12.8 Å². The lowest BCUT2D eigenvalue weighted by Crippen LogP contribution is -2.40. The zero-order valence-corrected chi connectivity index (χ0v) is 8.59. The van der Waals surface area contributed by atoms with E-state index in [1.807, 2.05) is 0 Å². The minimum atomic E-state index is -0.784. The number of aliphatic carboxylic acids is 1. The average Bonchev–Trinajstić information content (AvgIpc) is 2.81. The molecule has 0 radical (unpaired) electrons. The number of hydrogen-bond acceptors (Lipinski definition) is 4. The number of carboxylic acid groups (broad SMARTS) is 1. The minimum Gasteiger partial charge on any atom is -0.481 e. The van der Waals surface area contributed by atoms with E-state index in [1.54, 1.807) is 4.90 Å². The Bertz CT molecular complexity index is 381. The number of piperidine rings is 1. The maximum Gasteiger partial charge on any atom is 0.306 e. The molecule has 86 valence electrons. The predicted molar refractivity (Wildman–Crippen MR) is 52.6 cm³/mol. The lowest BCUT2D eigenvalue weighted by molar-refractivity contribution is -0.143. The van der Waals surface area contributed by atoms with Gasteiger partial charge in [0.1, 0.15) is 0 Å². The van der Waals surface area contributed by atoms with Crippen LogP contribution in [-0.4, -0.2) is 50.4 Å². The van der Waals surface area contributed by atoms with Crippen molar-refractivity contribution in [2.45, 2.75) is 12.8 Å². The molecule has 2 rings (SSSR count). The van der Waals surface area contributed by atoms with Crippen molar-refractivity contribution >= 4 is 11.9 Å². The lowest BCUT2D eigenvalue weighted by Gasteiger charge is -2.29. The summed E-state index contributed by atoms with van der Waals surface area (Å²) in [7, 11) is 0. The highest BCUT2D eigenvalue weighted by molar-refractivity contribution is 5.92. The topological polar surface area (TPSA) is 99.2 Å². The molecule has 1 aromatic heterocycles. The molecule has 7 nitrogen and oxygen atoms in total. The summed E-state index contributed by atoms with van der Waals surface area (Å²) >= 11 is 0. The first kappa shape index (κ1) is 10.6. The highest BCUT2D eigenvalue weighted by Crippen LogP contribution is 2.18. The Morgan fingerprint density at radius 3 is 2.62 bits per heavy atom. The van der Waals surface area contributed by atoms with Gasteiger partial charge in [0.25, 0.3) is 5.91 Å². The summed E-state index contributed by atoms with van der Waals surface area (Å²) in [6, 6.07) is 0. The molecule has 1 aromatic rings. The summed E-state index contributed by atoms with van der Waals surface area (Å²) in [6.45, 7) is 0.922. The maximum atomic E-state index is 11.8. The van der Waals surface area contributed by atoms with E-state index in [0.29, 0.717) is 25.9 Å². The number of aromatic nitrogens is 3. The van der Waals surface area contributed by atoms with Crippen molar-refractivity contribution in [1.29, 1.82) is 0 Å². The van der Waals surface area contributed by atoms with Gasteiger partial charge in [-0.25, -0.2) is 0 Å². The number of hydrogen-bond donors (Lipinski definition) is 2. The molecule has 1 aliphatic rings. The fourth-order valence-electron chi connectivity index (χ4n) is 1.80. The van der Waals surface area contributed by atoms with Gasteiger partial charge in [-0.1, -0.05) is 0 Å². The number of H-pyrrole nitrogens is 1. The van der Waals surface area contributed by atoms with Gasteiger partial charge in [-0.3, -0.25) is 9.59 Å². The van der Waals surface area contributed by atoms with E-state index < -0.39 is 5.97 Å². The Kier molecular flexibility index (Phi) is 2.84. The summed E-state index contributed by atoms with van der Waals surface area (Å²) in [5, 5.41) is 18.5. The van der Waals surface area contributed by atoms with Gasteiger partial charge >= 0.3 is 5.97 Å². The van der Waals surface area contributed by atoms with E-state index >= 15 is 0 Å². The second-order valence-corrected chi connectivity index (χ2v) is 3.76. The largest absolute Gasteiger partial charge is 0.481 e. The molecule has 0 aromatic carbocycles. The van der Waals surface area contributed by atoms with Crippen molar-refractivity contribution in [1.82, 2.24) is 20.3 Å². The van der Waals surface area contributed by atoms with Crippen LogP contribution in [0.2, 0.25) is 0 Å². The molecule has 1 fully saturated rings. The van der Waals surface area contributed by atoms with Crippen molar-refractivity contribution in [2.24, 2.45) is 5.92 Å². The van der Waals surface area contributed by atoms with E-state index in [4.69, 9.17) is 5.11 Å². The minimum absolute atomic E-state index is 0.197. The summed E-state index contributed by atoms with van der Waals surface area (Å²) in [5.74, 6) is -1.31. The van der Waals surface area contributed by atoms with Crippen molar-refractivity contribution in [3.05, 3.63) is 11.9 Å². The third-order valence-corrected chi connectivity index (χ3v) is 2.77. The summed E-state index contributed by atoms with van der Waals surface area (Å²) in [6.07, 6.45) is 2.36. The van der Waals surface area contributed by atoms with E-state index in [2.05, 4.69) is 15.4 Å². The van der Waals surface area contributed by atoms with Crippen LogP contribution in [0.1, 0.15) is 23.3 Å². The van der Waals surface area contributed by atoms with Crippen LogP contribution in [0.5, 0.6) is 0 Å². The molecule has 2 heterocycles. The first-order valence-electron chi connectivity index (χ1n) is 5.06. The summed E-state index contributed by atoms with van der Waals surface area (Å²) in [4.78, 5) is 24.1. The smallest absolute Gasteiger partial charge is 0.306 e. The average molecular weight is 224 g/mol. The highest BCUT2D eigenvalue weighted by Gasteiger charge is 2.28. The Balaban J connectivity index is 1.94. The van der Waals surface area contributed by atoms with Crippen LogP contribution < -0.4 is 0 Å². The Morgan fingerprint density at radius 2 is 2.12 bits per heavy atom. The van der Waals surface area contributed by atoms with Crippen LogP contribution in [0, 0.1) is 5.92 Å². The third-order valence-electron chi connectivity index (χ3n) is 2.77. The Hall–Kier alpha value is -1.92. The Morgan fingerprint density at radius 1 is 1.44 bits per heavy atom. The summed E-state index contributed by atoms with van der Waals surface area (Å²) < 4.78 is 0. The highest BCUT2D eigenvalue weighted by atomic mass is 16.4. The zero-order valence-electron chi connectivity index (χ0n) is 8.59. The van der Waals surface area contributed by atoms with Gasteiger partial charge in [-0.2, -0.15) is 15.4 Å². The number of carboxylic acids is 1. The van der Waals surface area contributed by atoms with Gasteiger partial charge in [0.15, 0.2) is 5.69 Å². The predicted octanol–water partition coefficient (Wildman–Crippen LogP) is -0.259. The quantitative estimate of drug-likeness (QED) is 0.721. The molecule has 0 atom stereocenters. The van der Waals surface area contributed by atoms with Crippen molar-refractivity contribution in [3.8, 4) is 0 Å². The number of nitrogens with one attached hydrogen (secondary N) is 1. The molecule has 2 N–H and O–H groups in total. The second-order valence-electron chi connectivity index (χ2n) is 3.76. The molecule has 0 saturated carbocycles.